The Balaban J connectivity index is 2.10. The van der Waals surface area contributed by atoms with Crippen LogP contribution in [0.4, 0.5) is 5.69 Å². The zero-order chi connectivity index (χ0) is 22.4. The Hall–Kier alpha value is -3.41. The first-order valence-corrected chi connectivity index (χ1v) is 10.6. The second kappa shape index (κ2) is 10.1. The molecule has 1 amide bonds. The molecule has 0 fully saturated rings. The maximum atomic E-state index is 13.5. The average molecular weight is 421 g/mol. The van der Waals surface area contributed by atoms with E-state index in [1.54, 1.807) is 24.3 Å². The number of rotatable bonds is 10. The molecule has 0 aliphatic heterocycles. The predicted octanol–water partition coefficient (Wildman–Crippen LogP) is 4.94. The lowest BCUT2D eigenvalue weighted by molar-refractivity contribution is -0.111. The van der Waals surface area contributed by atoms with Crippen molar-refractivity contribution in [2.75, 3.05) is 18.5 Å². The molecule has 0 spiro atoms. The third-order valence-electron chi connectivity index (χ3n) is 5.04. The van der Waals surface area contributed by atoms with Crippen LogP contribution < -0.4 is 14.8 Å². The number of ketones is 2. The van der Waals surface area contributed by atoms with Crippen LogP contribution >= 0.6 is 0 Å². The number of carbonyl (C=O) groups excluding carboxylic acids is 3. The monoisotopic (exact) mass is 421 g/mol. The Morgan fingerprint density at radius 2 is 1.58 bits per heavy atom. The van der Waals surface area contributed by atoms with Gasteiger partial charge in [-0.3, -0.25) is 14.4 Å². The molecule has 0 bridgehead atoms. The van der Waals surface area contributed by atoms with E-state index in [1.165, 1.54) is 6.07 Å². The molecule has 6 heteroatoms. The summed E-state index contributed by atoms with van der Waals surface area (Å²) in [7, 11) is 0. The lowest BCUT2D eigenvalue weighted by Gasteiger charge is -2.23. The second-order valence-electron chi connectivity index (χ2n) is 7.33. The molecule has 1 aliphatic carbocycles. The first-order chi connectivity index (χ1) is 15.0. The normalized spacial score (nSPS) is 12.1. The van der Waals surface area contributed by atoms with Crippen molar-refractivity contribution < 1.29 is 23.9 Å². The quantitative estimate of drug-likeness (QED) is 0.370. The molecule has 2 aromatic rings. The molecule has 0 unspecified atom stereocenters. The maximum absolute atomic E-state index is 13.5. The van der Waals surface area contributed by atoms with Gasteiger partial charge in [0.25, 0.3) is 0 Å². The molecule has 0 atom stereocenters. The number of unbranched alkanes of at least 4 members (excludes halogenated alkanes) is 2. The molecule has 0 heterocycles. The summed E-state index contributed by atoms with van der Waals surface area (Å²) in [6.45, 7) is 8.39. The number of hydrogen-bond acceptors (Lipinski definition) is 5. The van der Waals surface area contributed by atoms with Gasteiger partial charge in [-0.1, -0.05) is 45.4 Å². The fourth-order valence-corrected chi connectivity index (χ4v) is 3.41. The Kier molecular flexibility index (Phi) is 7.23. The van der Waals surface area contributed by atoms with Crippen LogP contribution in [0.15, 0.2) is 43.0 Å². The van der Waals surface area contributed by atoms with Gasteiger partial charge in [-0.2, -0.15) is 0 Å². The Labute approximate surface area is 182 Å². The summed E-state index contributed by atoms with van der Waals surface area (Å²) >= 11 is 0. The smallest absolute Gasteiger partial charge is 0.247 e. The van der Waals surface area contributed by atoms with Gasteiger partial charge in [0.05, 0.1) is 24.3 Å². The molecule has 162 valence electrons. The van der Waals surface area contributed by atoms with E-state index >= 15 is 0 Å². The average Bonchev–Trinajstić information content (AvgIpc) is 2.77. The summed E-state index contributed by atoms with van der Waals surface area (Å²) in [6.07, 6.45) is 4.65. The van der Waals surface area contributed by atoms with Crippen LogP contribution in [0, 0.1) is 0 Å². The van der Waals surface area contributed by atoms with E-state index in [1.807, 2.05) is 6.92 Å². The van der Waals surface area contributed by atoms with Gasteiger partial charge < -0.3 is 14.8 Å². The van der Waals surface area contributed by atoms with Crippen molar-refractivity contribution in [2.24, 2.45) is 0 Å². The molecule has 0 radical (unpaired) electrons. The molecule has 2 aromatic carbocycles. The maximum Gasteiger partial charge on any atom is 0.247 e. The molecule has 0 saturated heterocycles. The Morgan fingerprint density at radius 3 is 2.23 bits per heavy atom. The first kappa shape index (κ1) is 22.3. The van der Waals surface area contributed by atoms with Crippen molar-refractivity contribution in [3.63, 3.8) is 0 Å². The number of anilines is 1. The van der Waals surface area contributed by atoms with Crippen molar-refractivity contribution in [1.29, 1.82) is 0 Å². The summed E-state index contributed by atoms with van der Waals surface area (Å²) in [5.74, 6) is -0.359. The molecular weight excluding hydrogens is 394 g/mol. The summed E-state index contributed by atoms with van der Waals surface area (Å²) in [5, 5.41) is 2.65. The van der Waals surface area contributed by atoms with E-state index in [2.05, 4.69) is 18.8 Å². The summed E-state index contributed by atoms with van der Waals surface area (Å²) in [4.78, 5) is 38.7. The minimum atomic E-state index is -0.416. The molecule has 0 aromatic heterocycles. The van der Waals surface area contributed by atoms with Gasteiger partial charge in [-0.25, -0.2) is 0 Å². The molecule has 31 heavy (non-hydrogen) atoms. The topological polar surface area (TPSA) is 81.7 Å². The number of benzene rings is 2. The Morgan fingerprint density at radius 1 is 0.935 bits per heavy atom. The lowest BCUT2D eigenvalue weighted by atomic mass is 9.82. The third-order valence-corrected chi connectivity index (χ3v) is 5.04. The van der Waals surface area contributed by atoms with E-state index in [-0.39, 0.29) is 34.0 Å². The molecular formula is C25H27NO5. The van der Waals surface area contributed by atoms with E-state index in [9.17, 15) is 14.4 Å². The van der Waals surface area contributed by atoms with Gasteiger partial charge in [0.2, 0.25) is 11.7 Å². The summed E-state index contributed by atoms with van der Waals surface area (Å²) < 4.78 is 11.7. The molecule has 0 saturated carbocycles. The van der Waals surface area contributed by atoms with Crippen molar-refractivity contribution in [1.82, 2.24) is 0 Å². The number of hydrogen-bond donors (Lipinski definition) is 1. The lowest BCUT2D eigenvalue weighted by Crippen LogP contribution is -2.24. The number of fused-ring (bicyclic) bond motifs is 2. The van der Waals surface area contributed by atoms with Crippen molar-refractivity contribution >= 4 is 23.2 Å². The summed E-state index contributed by atoms with van der Waals surface area (Å²) in [6, 6.07) is 8.13. The van der Waals surface area contributed by atoms with Crippen LogP contribution in [0.2, 0.25) is 0 Å². The summed E-state index contributed by atoms with van der Waals surface area (Å²) in [5.41, 5.74) is 1.33. The number of carbonyl (C=O) groups is 3. The van der Waals surface area contributed by atoms with Crippen LogP contribution in [-0.2, 0) is 4.79 Å². The minimum absolute atomic E-state index is 0.205. The highest BCUT2D eigenvalue weighted by Crippen LogP contribution is 2.39. The highest BCUT2D eigenvalue weighted by atomic mass is 16.5. The highest BCUT2D eigenvalue weighted by Gasteiger charge is 2.35. The van der Waals surface area contributed by atoms with E-state index in [4.69, 9.17) is 9.47 Å². The van der Waals surface area contributed by atoms with Crippen molar-refractivity contribution in [3.8, 4) is 11.5 Å². The van der Waals surface area contributed by atoms with Gasteiger partial charge in [0, 0.05) is 22.9 Å². The van der Waals surface area contributed by atoms with Gasteiger partial charge in [-0.05, 0) is 31.1 Å². The fourth-order valence-electron chi connectivity index (χ4n) is 3.41. The molecule has 1 N–H and O–H groups in total. The highest BCUT2D eigenvalue weighted by molar-refractivity contribution is 6.30. The van der Waals surface area contributed by atoms with Gasteiger partial charge in [0.15, 0.2) is 5.78 Å². The van der Waals surface area contributed by atoms with Crippen molar-refractivity contribution in [3.05, 3.63) is 65.2 Å². The second-order valence-corrected chi connectivity index (χ2v) is 7.33. The van der Waals surface area contributed by atoms with E-state index < -0.39 is 5.91 Å². The molecule has 1 aliphatic rings. The van der Waals surface area contributed by atoms with E-state index in [0.29, 0.717) is 30.2 Å². The molecule has 3 rings (SSSR count). The predicted molar refractivity (Wildman–Crippen MR) is 119 cm³/mol. The number of amides is 1. The van der Waals surface area contributed by atoms with Crippen molar-refractivity contribution in [2.45, 2.75) is 39.5 Å². The van der Waals surface area contributed by atoms with Crippen LogP contribution in [0.3, 0.4) is 0 Å². The van der Waals surface area contributed by atoms with Gasteiger partial charge in [-0.15, -0.1) is 0 Å². The minimum Gasteiger partial charge on any atom is -0.493 e. The standard InChI is InChI=1S/C25H27NO5/c1-4-7-12-30-19-11-9-10-17-22(19)25(29)23-18(24(17)28)14-16(26-21(27)6-3)15-20(23)31-13-8-5-2/h6,9-11,14-15H,3-5,7-8,12-13H2,1-2H3,(H,26,27). The first-order valence-electron chi connectivity index (χ1n) is 10.6. The Bertz CT molecular complexity index is 1020. The van der Waals surface area contributed by atoms with Crippen LogP contribution in [-0.4, -0.2) is 30.7 Å². The number of nitrogens with one attached hydrogen (secondary N) is 1. The zero-order valence-electron chi connectivity index (χ0n) is 18.0. The van der Waals surface area contributed by atoms with Crippen LogP contribution in [0.5, 0.6) is 11.5 Å². The number of ether oxygens (including phenoxy) is 2. The largest absolute Gasteiger partial charge is 0.493 e. The van der Waals surface area contributed by atoms with E-state index in [0.717, 1.165) is 31.8 Å². The zero-order valence-corrected chi connectivity index (χ0v) is 18.0. The van der Waals surface area contributed by atoms with Crippen LogP contribution in [0.25, 0.3) is 0 Å². The SMILES string of the molecule is C=CC(=O)Nc1cc(OCCCC)c2c(c1)C(=O)c1cccc(OCCCC)c1C2=O. The van der Waals surface area contributed by atoms with Gasteiger partial charge in [0.1, 0.15) is 11.5 Å². The molecule has 6 nitrogen and oxygen atoms in total. The van der Waals surface area contributed by atoms with Crippen LogP contribution in [0.1, 0.15) is 71.4 Å². The van der Waals surface area contributed by atoms with Gasteiger partial charge >= 0.3 is 0 Å². The third kappa shape index (κ3) is 4.68. The fraction of sp³-hybridized carbons (Fsp3) is 0.320.